The monoisotopic (exact) mass is 212 g/mol. The van der Waals surface area contributed by atoms with Crippen molar-refractivity contribution in [3.8, 4) is 0 Å². The average Bonchev–Trinajstić information content (AvgIpc) is 2.21. The molecule has 0 amide bonds. The van der Waals surface area contributed by atoms with Crippen molar-refractivity contribution in [3.05, 3.63) is 12.7 Å². The first-order valence-electron chi connectivity index (χ1n) is 6.11. The normalized spacial score (nSPS) is 15.7. The minimum Gasteiger partial charge on any atom is -0.314 e. The molecule has 2 atom stereocenters. The van der Waals surface area contributed by atoms with Gasteiger partial charge in [-0.3, -0.25) is 4.90 Å². The first kappa shape index (κ1) is 14.7. The summed E-state index contributed by atoms with van der Waals surface area (Å²) in [5, 5.41) is 3.49. The van der Waals surface area contributed by atoms with Gasteiger partial charge in [-0.1, -0.05) is 33.8 Å². The zero-order chi connectivity index (χ0) is 11.8. The number of likely N-dealkylation sites (N-methyl/N-ethyl adjacent to an activating group) is 1. The fourth-order valence-corrected chi connectivity index (χ4v) is 1.70. The van der Waals surface area contributed by atoms with E-state index in [0.717, 1.165) is 19.6 Å². The highest BCUT2D eigenvalue weighted by atomic mass is 15.1. The van der Waals surface area contributed by atoms with Gasteiger partial charge in [-0.15, -0.1) is 6.58 Å². The van der Waals surface area contributed by atoms with E-state index >= 15 is 0 Å². The third kappa shape index (κ3) is 5.95. The zero-order valence-corrected chi connectivity index (χ0v) is 11.1. The molecule has 0 spiro atoms. The van der Waals surface area contributed by atoms with Crippen LogP contribution in [0.2, 0.25) is 0 Å². The van der Waals surface area contributed by atoms with Gasteiger partial charge in [0.05, 0.1) is 0 Å². The van der Waals surface area contributed by atoms with Gasteiger partial charge >= 0.3 is 0 Å². The zero-order valence-electron chi connectivity index (χ0n) is 11.1. The maximum absolute atomic E-state index is 3.81. The van der Waals surface area contributed by atoms with Crippen molar-refractivity contribution in [2.75, 3.05) is 19.6 Å². The van der Waals surface area contributed by atoms with Crippen LogP contribution in [0.4, 0.5) is 0 Å². The van der Waals surface area contributed by atoms with Gasteiger partial charge in [-0.25, -0.2) is 0 Å². The topological polar surface area (TPSA) is 15.3 Å². The lowest BCUT2D eigenvalue weighted by atomic mass is 10.0. The van der Waals surface area contributed by atoms with E-state index in [4.69, 9.17) is 0 Å². The summed E-state index contributed by atoms with van der Waals surface area (Å²) in [4.78, 5) is 2.46. The number of hydrogen-bond donors (Lipinski definition) is 1. The first-order valence-corrected chi connectivity index (χ1v) is 6.11. The van der Waals surface area contributed by atoms with Crippen LogP contribution in [0.3, 0.4) is 0 Å². The van der Waals surface area contributed by atoms with Crippen molar-refractivity contribution in [3.63, 3.8) is 0 Å². The second kappa shape index (κ2) is 7.89. The number of nitrogens with one attached hydrogen (secondary N) is 1. The van der Waals surface area contributed by atoms with Crippen LogP contribution in [0.5, 0.6) is 0 Å². The van der Waals surface area contributed by atoms with Gasteiger partial charge in [0.1, 0.15) is 0 Å². The lowest BCUT2D eigenvalue weighted by molar-refractivity contribution is 0.183. The Labute approximate surface area is 95.7 Å². The van der Waals surface area contributed by atoms with E-state index in [0.29, 0.717) is 18.0 Å². The summed E-state index contributed by atoms with van der Waals surface area (Å²) in [6, 6.07) is 1.19. The van der Waals surface area contributed by atoms with Crippen LogP contribution < -0.4 is 5.32 Å². The summed E-state index contributed by atoms with van der Waals surface area (Å²) < 4.78 is 0. The molecule has 2 heteroatoms. The fraction of sp³-hybridized carbons (Fsp3) is 0.846. The van der Waals surface area contributed by atoms with E-state index in [-0.39, 0.29) is 0 Å². The molecule has 0 aromatic heterocycles. The predicted octanol–water partition coefficient (Wildman–Crippen LogP) is 2.52. The molecular formula is C13H28N2. The van der Waals surface area contributed by atoms with Gasteiger partial charge in [0.15, 0.2) is 0 Å². The highest BCUT2D eigenvalue weighted by Crippen LogP contribution is 2.10. The summed E-state index contributed by atoms with van der Waals surface area (Å²) in [7, 11) is 0. The minimum atomic E-state index is 0.578. The number of hydrogen-bond acceptors (Lipinski definition) is 2. The van der Waals surface area contributed by atoms with E-state index in [9.17, 15) is 0 Å². The Morgan fingerprint density at radius 2 is 1.87 bits per heavy atom. The van der Waals surface area contributed by atoms with Crippen molar-refractivity contribution in [2.45, 2.75) is 46.7 Å². The van der Waals surface area contributed by atoms with Crippen molar-refractivity contribution >= 4 is 0 Å². The van der Waals surface area contributed by atoms with Crippen molar-refractivity contribution < 1.29 is 0 Å². The highest BCUT2D eigenvalue weighted by Gasteiger charge is 2.17. The SMILES string of the molecule is C=CCN(CC)C(C)C(C)CNC(C)C. The Kier molecular flexibility index (Phi) is 7.71. The Hall–Kier alpha value is -0.340. The van der Waals surface area contributed by atoms with Gasteiger partial charge in [-0.2, -0.15) is 0 Å². The predicted molar refractivity (Wildman–Crippen MR) is 69.2 cm³/mol. The van der Waals surface area contributed by atoms with Crippen molar-refractivity contribution in [2.24, 2.45) is 5.92 Å². The molecule has 0 rings (SSSR count). The summed E-state index contributed by atoms with van der Waals surface area (Å²) >= 11 is 0. The lowest BCUT2D eigenvalue weighted by Gasteiger charge is -2.32. The molecule has 90 valence electrons. The first-order chi connectivity index (χ1) is 7.02. The lowest BCUT2D eigenvalue weighted by Crippen LogP contribution is -2.42. The number of rotatable bonds is 8. The smallest absolute Gasteiger partial charge is 0.0163 e. The van der Waals surface area contributed by atoms with Crippen molar-refractivity contribution in [1.82, 2.24) is 10.2 Å². The maximum Gasteiger partial charge on any atom is 0.0163 e. The average molecular weight is 212 g/mol. The Morgan fingerprint density at radius 3 is 2.27 bits per heavy atom. The van der Waals surface area contributed by atoms with Crippen LogP contribution in [0.25, 0.3) is 0 Å². The molecule has 0 fully saturated rings. The molecule has 0 aliphatic rings. The van der Waals surface area contributed by atoms with Crippen LogP contribution in [0.15, 0.2) is 12.7 Å². The van der Waals surface area contributed by atoms with Gasteiger partial charge in [0.2, 0.25) is 0 Å². The summed E-state index contributed by atoms with van der Waals surface area (Å²) in [6.45, 7) is 18.2. The molecule has 0 bridgehead atoms. The molecule has 0 aliphatic heterocycles. The molecule has 0 saturated heterocycles. The van der Waals surface area contributed by atoms with Crippen molar-refractivity contribution in [1.29, 1.82) is 0 Å². The molecule has 1 N–H and O–H groups in total. The third-order valence-electron chi connectivity index (χ3n) is 3.02. The maximum atomic E-state index is 3.81. The molecule has 0 aromatic rings. The van der Waals surface area contributed by atoms with Gasteiger partial charge < -0.3 is 5.32 Å². The van der Waals surface area contributed by atoms with E-state index in [1.165, 1.54) is 0 Å². The van der Waals surface area contributed by atoms with Crippen LogP contribution in [0, 0.1) is 5.92 Å². The molecule has 0 radical (unpaired) electrons. The number of nitrogens with zero attached hydrogens (tertiary/aromatic N) is 1. The molecule has 0 aliphatic carbocycles. The third-order valence-corrected chi connectivity index (χ3v) is 3.02. The molecular weight excluding hydrogens is 184 g/mol. The van der Waals surface area contributed by atoms with Crippen LogP contribution in [-0.4, -0.2) is 36.6 Å². The van der Waals surface area contributed by atoms with E-state index in [2.05, 4.69) is 51.4 Å². The molecule has 15 heavy (non-hydrogen) atoms. The summed E-state index contributed by atoms with van der Waals surface area (Å²) in [6.07, 6.45) is 1.99. The van der Waals surface area contributed by atoms with E-state index < -0.39 is 0 Å². The van der Waals surface area contributed by atoms with Gasteiger partial charge in [-0.05, 0) is 25.9 Å². The summed E-state index contributed by atoms with van der Waals surface area (Å²) in [5.74, 6) is 0.673. The van der Waals surface area contributed by atoms with E-state index in [1.54, 1.807) is 0 Å². The quantitative estimate of drug-likeness (QED) is 0.622. The van der Waals surface area contributed by atoms with Crippen LogP contribution in [-0.2, 0) is 0 Å². The Bertz CT molecular complexity index is 166. The fourth-order valence-electron chi connectivity index (χ4n) is 1.70. The molecule has 0 saturated carbocycles. The van der Waals surface area contributed by atoms with Gasteiger partial charge in [0.25, 0.3) is 0 Å². The largest absolute Gasteiger partial charge is 0.314 e. The molecule has 0 heterocycles. The molecule has 2 unspecified atom stereocenters. The minimum absolute atomic E-state index is 0.578. The van der Waals surface area contributed by atoms with Gasteiger partial charge in [0, 0.05) is 18.6 Å². The Balaban J connectivity index is 4.02. The van der Waals surface area contributed by atoms with E-state index in [1.807, 2.05) is 6.08 Å². The molecule has 2 nitrogen and oxygen atoms in total. The van der Waals surface area contributed by atoms with Crippen LogP contribution in [0.1, 0.15) is 34.6 Å². The Morgan fingerprint density at radius 1 is 1.27 bits per heavy atom. The summed E-state index contributed by atoms with van der Waals surface area (Å²) in [5.41, 5.74) is 0. The standard InChI is InChI=1S/C13H28N2/c1-7-9-15(8-2)13(6)12(5)10-14-11(3)4/h7,11-14H,1,8-10H2,2-6H3. The second-order valence-corrected chi connectivity index (χ2v) is 4.66. The second-order valence-electron chi connectivity index (χ2n) is 4.66. The van der Waals surface area contributed by atoms with Crippen LogP contribution >= 0.6 is 0 Å². The molecule has 0 aromatic carbocycles. The highest BCUT2D eigenvalue weighted by molar-refractivity contribution is 4.80.